The quantitative estimate of drug-likeness (QED) is 0.739. The lowest BCUT2D eigenvalue weighted by Crippen LogP contribution is -2.01. The molecule has 2 aromatic carbocycles. The number of hydrogen-bond donors (Lipinski definition) is 2. The van der Waals surface area contributed by atoms with Gasteiger partial charge in [-0.15, -0.1) is 0 Å². The number of carboxylic acids is 1. The molecule has 0 radical (unpaired) electrons. The molecular formula is C19H18FNO3. The van der Waals surface area contributed by atoms with E-state index in [1.54, 1.807) is 6.07 Å². The van der Waals surface area contributed by atoms with Gasteiger partial charge < -0.3 is 14.8 Å². The van der Waals surface area contributed by atoms with Gasteiger partial charge in [-0.05, 0) is 35.7 Å². The number of rotatable bonds is 5. The number of H-pyrrole nitrogens is 1. The Bertz CT molecular complexity index is 914. The summed E-state index contributed by atoms with van der Waals surface area (Å²) in [6.45, 7) is 2.04. The molecule has 1 heterocycles. The monoisotopic (exact) mass is 327 g/mol. The third-order valence-electron chi connectivity index (χ3n) is 4.17. The average molecular weight is 327 g/mol. The minimum Gasteiger partial charge on any atom is -0.496 e. The molecule has 124 valence electrons. The highest BCUT2D eigenvalue weighted by molar-refractivity contribution is 5.96. The van der Waals surface area contributed by atoms with Gasteiger partial charge in [-0.25, -0.2) is 4.39 Å². The summed E-state index contributed by atoms with van der Waals surface area (Å²) in [5, 5.41) is 10.1. The van der Waals surface area contributed by atoms with Crippen molar-refractivity contribution < 1.29 is 19.0 Å². The minimum absolute atomic E-state index is 0.151. The van der Waals surface area contributed by atoms with Crippen LogP contribution in [0.15, 0.2) is 36.4 Å². The van der Waals surface area contributed by atoms with E-state index in [4.69, 9.17) is 4.74 Å². The van der Waals surface area contributed by atoms with Crippen LogP contribution in [0.25, 0.3) is 22.2 Å². The number of ether oxygens (including phenoxy) is 1. The fourth-order valence-corrected chi connectivity index (χ4v) is 3.07. The van der Waals surface area contributed by atoms with Gasteiger partial charge in [0, 0.05) is 16.5 Å². The second-order valence-electron chi connectivity index (χ2n) is 5.59. The van der Waals surface area contributed by atoms with Crippen LogP contribution in [0.4, 0.5) is 4.39 Å². The first-order valence-corrected chi connectivity index (χ1v) is 7.73. The summed E-state index contributed by atoms with van der Waals surface area (Å²) in [6, 6.07) is 10.0. The Morgan fingerprint density at radius 2 is 2.08 bits per heavy atom. The number of aryl methyl sites for hydroxylation is 1. The zero-order valence-corrected chi connectivity index (χ0v) is 13.5. The van der Waals surface area contributed by atoms with Crippen LogP contribution >= 0.6 is 0 Å². The van der Waals surface area contributed by atoms with Crippen molar-refractivity contribution in [3.63, 3.8) is 0 Å². The molecule has 3 rings (SSSR count). The topological polar surface area (TPSA) is 62.3 Å². The van der Waals surface area contributed by atoms with Crippen molar-refractivity contribution in [1.82, 2.24) is 4.98 Å². The summed E-state index contributed by atoms with van der Waals surface area (Å²) in [5.41, 5.74) is 3.71. The number of carboxylic acid groups (broad SMARTS) is 1. The molecule has 0 fully saturated rings. The average Bonchev–Trinajstić information content (AvgIpc) is 2.92. The molecule has 0 saturated carbocycles. The molecule has 0 atom stereocenters. The maximum absolute atomic E-state index is 13.8. The fraction of sp³-hybridized carbons (Fsp3) is 0.211. The lowest BCUT2D eigenvalue weighted by Gasteiger charge is -2.09. The van der Waals surface area contributed by atoms with Crippen molar-refractivity contribution in [2.75, 3.05) is 7.11 Å². The lowest BCUT2D eigenvalue weighted by atomic mass is 10.0. The van der Waals surface area contributed by atoms with Gasteiger partial charge in [0.2, 0.25) is 0 Å². The van der Waals surface area contributed by atoms with Crippen LogP contribution < -0.4 is 4.74 Å². The first-order chi connectivity index (χ1) is 11.5. The van der Waals surface area contributed by atoms with E-state index in [0.717, 1.165) is 22.9 Å². The van der Waals surface area contributed by atoms with E-state index >= 15 is 0 Å². The summed E-state index contributed by atoms with van der Waals surface area (Å²) in [7, 11) is 1.51. The number of halogens is 1. The van der Waals surface area contributed by atoms with E-state index < -0.39 is 11.8 Å². The normalized spacial score (nSPS) is 11.0. The summed E-state index contributed by atoms with van der Waals surface area (Å²) in [6.07, 6.45) is 0.659. The first-order valence-electron chi connectivity index (χ1n) is 7.73. The molecule has 0 aliphatic rings. The number of aromatic amines is 1. The molecule has 1 aromatic heterocycles. The van der Waals surface area contributed by atoms with Gasteiger partial charge in [0.05, 0.1) is 19.2 Å². The number of nitrogens with one attached hydrogen (secondary N) is 1. The number of hydrogen-bond acceptors (Lipinski definition) is 2. The molecule has 0 unspecified atom stereocenters. The van der Waals surface area contributed by atoms with Gasteiger partial charge in [-0.2, -0.15) is 0 Å². The number of benzene rings is 2. The Kier molecular flexibility index (Phi) is 4.25. The Labute approximate surface area is 138 Å². The lowest BCUT2D eigenvalue weighted by molar-refractivity contribution is -0.136. The van der Waals surface area contributed by atoms with Crippen LogP contribution in [0.5, 0.6) is 5.75 Å². The maximum Gasteiger partial charge on any atom is 0.307 e. The number of aliphatic carboxylic acids is 1. The van der Waals surface area contributed by atoms with Crippen molar-refractivity contribution in [1.29, 1.82) is 0 Å². The predicted octanol–water partition coefficient (Wildman–Crippen LogP) is 4.17. The Morgan fingerprint density at radius 1 is 1.29 bits per heavy atom. The van der Waals surface area contributed by atoms with E-state index in [-0.39, 0.29) is 6.42 Å². The van der Waals surface area contributed by atoms with Gasteiger partial charge in [0.15, 0.2) is 0 Å². The van der Waals surface area contributed by atoms with Gasteiger partial charge in [-0.3, -0.25) is 4.79 Å². The Hall–Kier alpha value is -2.82. The van der Waals surface area contributed by atoms with E-state index in [1.807, 2.05) is 25.1 Å². The number of para-hydroxylation sites is 1. The minimum atomic E-state index is -0.936. The standard InChI is InChI=1S/C19H18FNO3/c1-3-11-5-4-6-13-14(10-17(22)23)19(21-18(11)13)15-9-12(20)7-8-16(15)24-2/h4-9,21H,3,10H2,1-2H3,(H,22,23). The summed E-state index contributed by atoms with van der Waals surface area (Å²) in [5.74, 6) is -0.844. The molecule has 0 bridgehead atoms. The number of methoxy groups -OCH3 is 1. The third kappa shape index (κ3) is 2.73. The molecule has 0 saturated heterocycles. The molecule has 0 aliphatic carbocycles. The number of carbonyl (C=O) groups is 1. The third-order valence-corrected chi connectivity index (χ3v) is 4.17. The van der Waals surface area contributed by atoms with Crippen molar-refractivity contribution >= 4 is 16.9 Å². The molecule has 0 aliphatic heterocycles. The summed E-state index contributed by atoms with van der Waals surface area (Å²) >= 11 is 0. The van der Waals surface area contributed by atoms with Gasteiger partial charge in [0.25, 0.3) is 0 Å². The van der Waals surface area contributed by atoms with Crippen molar-refractivity contribution in [3.05, 3.63) is 53.3 Å². The summed E-state index contributed by atoms with van der Waals surface area (Å²) in [4.78, 5) is 14.6. The number of fused-ring (bicyclic) bond motifs is 1. The molecular weight excluding hydrogens is 309 g/mol. The summed E-state index contributed by atoms with van der Waals surface area (Å²) < 4.78 is 19.1. The van der Waals surface area contributed by atoms with Gasteiger partial charge in [-0.1, -0.05) is 25.1 Å². The second kappa shape index (κ2) is 6.35. The maximum atomic E-state index is 13.8. The SMILES string of the molecule is CCc1cccc2c(CC(=O)O)c(-c3cc(F)ccc3OC)[nH]c12. The molecule has 24 heavy (non-hydrogen) atoms. The van der Waals surface area contributed by atoms with E-state index in [1.165, 1.54) is 19.2 Å². The Morgan fingerprint density at radius 3 is 2.75 bits per heavy atom. The fourth-order valence-electron chi connectivity index (χ4n) is 3.07. The van der Waals surface area contributed by atoms with Crippen LogP contribution in [0.3, 0.4) is 0 Å². The zero-order valence-electron chi connectivity index (χ0n) is 13.5. The van der Waals surface area contributed by atoms with E-state index in [2.05, 4.69) is 4.98 Å². The highest BCUT2D eigenvalue weighted by Crippen LogP contribution is 2.37. The first kappa shape index (κ1) is 16.1. The highest BCUT2D eigenvalue weighted by Gasteiger charge is 2.20. The van der Waals surface area contributed by atoms with Crippen LogP contribution in [-0.4, -0.2) is 23.2 Å². The van der Waals surface area contributed by atoms with Crippen molar-refractivity contribution in [3.8, 4) is 17.0 Å². The molecule has 0 spiro atoms. The highest BCUT2D eigenvalue weighted by atomic mass is 19.1. The Balaban J connectivity index is 2.35. The van der Waals surface area contributed by atoms with E-state index in [9.17, 15) is 14.3 Å². The molecule has 4 nitrogen and oxygen atoms in total. The van der Waals surface area contributed by atoms with Crippen LogP contribution in [0.1, 0.15) is 18.1 Å². The molecule has 5 heteroatoms. The molecule has 0 amide bonds. The largest absolute Gasteiger partial charge is 0.496 e. The predicted molar refractivity (Wildman–Crippen MR) is 91.0 cm³/mol. The zero-order chi connectivity index (χ0) is 17.3. The van der Waals surface area contributed by atoms with Gasteiger partial charge >= 0.3 is 5.97 Å². The van der Waals surface area contributed by atoms with Crippen LogP contribution in [0.2, 0.25) is 0 Å². The van der Waals surface area contributed by atoms with Crippen LogP contribution in [-0.2, 0) is 17.6 Å². The van der Waals surface area contributed by atoms with Crippen molar-refractivity contribution in [2.24, 2.45) is 0 Å². The van der Waals surface area contributed by atoms with E-state index in [0.29, 0.717) is 22.6 Å². The molecule has 2 N–H and O–H groups in total. The smallest absolute Gasteiger partial charge is 0.307 e. The second-order valence-corrected chi connectivity index (χ2v) is 5.59. The molecule has 3 aromatic rings. The van der Waals surface area contributed by atoms with Gasteiger partial charge in [0.1, 0.15) is 11.6 Å². The number of aromatic nitrogens is 1. The van der Waals surface area contributed by atoms with Crippen molar-refractivity contribution in [2.45, 2.75) is 19.8 Å². The van der Waals surface area contributed by atoms with Crippen LogP contribution in [0, 0.1) is 5.82 Å².